The Bertz CT molecular complexity index is 1990. The van der Waals surface area contributed by atoms with Crippen LogP contribution in [0, 0.1) is 5.41 Å². The number of benzene rings is 2. The molecular formula is C41H54N6O7S. The summed E-state index contributed by atoms with van der Waals surface area (Å²) < 4.78 is 37.2. The number of nitrogens with one attached hydrogen (secondary N) is 2. The van der Waals surface area contributed by atoms with Gasteiger partial charge in [0.1, 0.15) is 11.8 Å². The number of morpholine rings is 1. The lowest BCUT2D eigenvalue weighted by Crippen LogP contribution is -2.57. The van der Waals surface area contributed by atoms with Crippen LogP contribution in [0.15, 0.2) is 54.7 Å². The molecule has 2 saturated heterocycles. The molecule has 6 rings (SSSR count). The van der Waals surface area contributed by atoms with E-state index in [4.69, 9.17) is 19.2 Å². The van der Waals surface area contributed by atoms with Gasteiger partial charge in [-0.25, -0.2) is 18.7 Å². The van der Waals surface area contributed by atoms with Crippen molar-refractivity contribution in [2.45, 2.75) is 72.1 Å². The quantitative estimate of drug-likeness (QED) is 0.133. The van der Waals surface area contributed by atoms with Crippen molar-refractivity contribution >= 4 is 34.5 Å². The highest BCUT2D eigenvalue weighted by Crippen LogP contribution is 2.42. The standard InChI is InChI=1S/C41H54N6O7S/c1-6-46-37-12-11-30(24-34(37)35(25-41(3,4)26-54-27-48)39(46)33-10-9-13-42-38(33)28(2)52-5)31-20-29(21-32(49)23-31)22-36(40(50)47-15-8-7-14-43-47)44-55(51)45-16-18-53-19-17-45/h9-13,20-21,23-24,27-28,36,43-44,49H,6-8,14-19,22,25-26H2,1-5H3. The molecule has 13 nitrogen and oxygen atoms in total. The van der Waals surface area contributed by atoms with E-state index in [9.17, 15) is 18.9 Å². The molecule has 4 heterocycles. The summed E-state index contributed by atoms with van der Waals surface area (Å²) in [5.74, 6) is -0.124. The number of rotatable bonds is 16. The fourth-order valence-electron chi connectivity index (χ4n) is 7.61. The molecule has 2 aromatic carbocycles. The zero-order valence-electron chi connectivity index (χ0n) is 32.5. The van der Waals surface area contributed by atoms with Gasteiger partial charge in [-0.1, -0.05) is 26.0 Å². The summed E-state index contributed by atoms with van der Waals surface area (Å²) in [6.07, 6.45) is 4.21. The lowest BCUT2D eigenvalue weighted by atomic mass is 9.84. The van der Waals surface area contributed by atoms with Crippen LogP contribution in [-0.4, -0.2) is 99.7 Å². The van der Waals surface area contributed by atoms with Crippen molar-refractivity contribution in [2.75, 3.05) is 53.1 Å². The molecule has 1 amide bonds. The number of fused-ring (bicyclic) bond motifs is 1. The van der Waals surface area contributed by atoms with E-state index >= 15 is 0 Å². The van der Waals surface area contributed by atoms with Crippen LogP contribution in [-0.2, 0) is 54.4 Å². The van der Waals surface area contributed by atoms with Crippen molar-refractivity contribution in [3.05, 3.63) is 71.5 Å². The summed E-state index contributed by atoms with van der Waals surface area (Å²) in [4.78, 5) is 29.9. The van der Waals surface area contributed by atoms with Crippen molar-refractivity contribution < 1.29 is 33.1 Å². The number of amides is 1. The number of ether oxygens (including phenoxy) is 3. The van der Waals surface area contributed by atoms with Crippen LogP contribution in [0.1, 0.15) is 63.5 Å². The van der Waals surface area contributed by atoms with Crippen LogP contribution < -0.4 is 10.1 Å². The highest BCUT2D eigenvalue weighted by molar-refractivity contribution is 7.80. The maximum Gasteiger partial charge on any atom is 0.293 e. The first kappa shape index (κ1) is 40.5. The summed E-state index contributed by atoms with van der Waals surface area (Å²) >= 11 is -1.61. The van der Waals surface area contributed by atoms with Gasteiger partial charge in [0.25, 0.3) is 12.4 Å². The maximum absolute atomic E-state index is 13.9. The third-order valence-electron chi connectivity index (χ3n) is 10.4. The molecule has 2 aliphatic heterocycles. The van der Waals surface area contributed by atoms with E-state index in [1.54, 1.807) is 34.8 Å². The minimum absolute atomic E-state index is 0.0666. The largest absolute Gasteiger partial charge is 0.508 e. The molecule has 3 unspecified atom stereocenters. The van der Waals surface area contributed by atoms with Gasteiger partial charge in [-0.3, -0.25) is 19.6 Å². The van der Waals surface area contributed by atoms with Gasteiger partial charge in [0.15, 0.2) is 11.2 Å². The molecule has 2 aliphatic rings. The Hall–Kier alpha value is -4.18. The van der Waals surface area contributed by atoms with Crippen LogP contribution in [0.2, 0.25) is 0 Å². The van der Waals surface area contributed by atoms with E-state index in [1.807, 2.05) is 19.1 Å². The molecule has 0 radical (unpaired) electrons. The molecule has 0 aliphatic carbocycles. The van der Waals surface area contributed by atoms with Gasteiger partial charge < -0.3 is 23.9 Å². The summed E-state index contributed by atoms with van der Waals surface area (Å²) in [5.41, 5.74) is 10.2. The number of hydrogen-bond acceptors (Lipinski definition) is 9. The number of phenolic OH excluding ortho intramolecular Hbond substituents is 1. The minimum Gasteiger partial charge on any atom is -0.508 e. The van der Waals surface area contributed by atoms with E-state index in [0.29, 0.717) is 58.8 Å². The fourth-order valence-corrected chi connectivity index (χ4v) is 8.67. The van der Waals surface area contributed by atoms with Gasteiger partial charge in [-0.05, 0) is 98.2 Å². The van der Waals surface area contributed by atoms with E-state index in [1.165, 1.54) is 0 Å². The van der Waals surface area contributed by atoms with E-state index in [0.717, 1.165) is 62.9 Å². The van der Waals surface area contributed by atoms with Crippen molar-refractivity contribution in [2.24, 2.45) is 5.41 Å². The molecule has 2 fully saturated rings. The zero-order valence-corrected chi connectivity index (χ0v) is 33.3. The second-order valence-corrected chi connectivity index (χ2v) is 16.3. The highest BCUT2D eigenvalue weighted by atomic mass is 32.2. The monoisotopic (exact) mass is 774 g/mol. The van der Waals surface area contributed by atoms with E-state index in [2.05, 4.69) is 59.8 Å². The number of phenols is 1. The zero-order chi connectivity index (χ0) is 39.1. The normalized spacial score (nSPS) is 17.2. The maximum atomic E-state index is 13.9. The Morgan fingerprint density at radius 1 is 1.13 bits per heavy atom. The number of carbonyl (C=O) groups excluding carboxylic acids is 2. The van der Waals surface area contributed by atoms with Gasteiger partial charge in [-0.15, -0.1) is 0 Å². The first-order valence-corrected chi connectivity index (χ1v) is 20.2. The molecular weight excluding hydrogens is 721 g/mol. The Balaban J connectivity index is 1.42. The number of aromatic nitrogens is 2. The second kappa shape index (κ2) is 18.2. The van der Waals surface area contributed by atoms with Crippen molar-refractivity contribution in [3.8, 4) is 28.1 Å². The van der Waals surface area contributed by atoms with Gasteiger partial charge in [0.05, 0.1) is 37.3 Å². The highest BCUT2D eigenvalue weighted by Gasteiger charge is 2.31. The summed E-state index contributed by atoms with van der Waals surface area (Å²) in [7, 11) is 1.68. The topological polar surface area (TPSA) is 147 Å². The molecule has 0 bridgehead atoms. The summed E-state index contributed by atoms with van der Waals surface area (Å²) in [6.45, 7) is 12.9. The number of carbonyl (C=O) groups is 2. The Labute approximate surface area is 326 Å². The second-order valence-electron chi connectivity index (χ2n) is 15.0. The average molecular weight is 775 g/mol. The number of hydrazine groups is 1. The Kier molecular flexibility index (Phi) is 13.4. The molecule has 2 aromatic heterocycles. The summed E-state index contributed by atoms with van der Waals surface area (Å²) in [6, 6.07) is 14.9. The molecule has 3 N–H and O–H groups in total. The molecule has 296 valence electrons. The number of hydrogen-bond donors (Lipinski definition) is 3. The molecule has 3 atom stereocenters. The number of pyridine rings is 1. The number of nitrogens with zero attached hydrogens (tertiary/aromatic N) is 4. The van der Waals surface area contributed by atoms with Gasteiger partial charge in [0, 0.05) is 67.9 Å². The molecule has 14 heteroatoms. The summed E-state index contributed by atoms with van der Waals surface area (Å²) in [5, 5.41) is 13.8. The number of methoxy groups -OCH3 is 1. The number of aryl methyl sites for hydroxylation is 1. The van der Waals surface area contributed by atoms with Crippen molar-refractivity contribution in [1.29, 1.82) is 0 Å². The predicted octanol–water partition coefficient (Wildman–Crippen LogP) is 5.08. The van der Waals surface area contributed by atoms with Gasteiger partial charge >= 0.3 is 0 Å². The molecule has 0 spiro atoms. The molecule has 0 saturated carbocycles. The van der Waals surface area contributed by atoms with Crippen molar-refractivity contribution in [1.82, 2.24) is 29.0 Å². The first-order valence-electron chi connectivity index (χ1n) is 19.1. The van der Waals surface area contributed by atoms with Crippen molar-refractivity contribution in [3.63, 3.8) is 0 Å². The van der Waals surface area contributed by atoms with Crippen LogP contribution in [0.3, 0.4) is 0 Å². The van der Waals surface area contributed by atoms with E-state index < -0.39 is 22.6 Å². The van der Waals surface area contributed by atoms with E-state index in [-0.39, 0.29) is 30.8 Å². The van der Waals surface area contributed by atoms with Crippen LogP contribution >= 0.6 is 0 Å². The first-order chi connectivity index (χ1) is 26.5. The lowest BCUT2D eigenvalue weighted by Gasteiger charge is -2.32. The van der Waals surface area contributed by atoms with Crippen LogP contribution in [0.25, 0.3) is 33.3 Å². The van der Waals surface area contributed by atoms with Gasteiger partial charge in [-0.2, -0.15) is 0 Å². The smallest absolute Gasteiger partial charge is 0.293 e. The third kappa shape index (κ3) is 9.45. The average Bonchev–Trinajstić information content (AvgIpc) is 3.50. The minimum atomic E-state index is -1.61. The lowest BCUT2D eigenvalue weighted by molar-refractivity contribution is -0.137. The van der Waals surface area contributed by atoms with Gasteiger partial charge in [0.2, 0.25) is 0 Å². The predicted molar refractivity (Wildman–Crippen MR) is 213 cm³/mol. The fraction of sp³-hybridized carbons (Fsp3) is 0.488. The van der Waals surface area contributed by atoms with Crippen LogP contribution in [0.4, 0.5) is 0 Å². The molecule has 4 aromatic rings. The number of aromatic hydroxyl groups is 1. The Morgan fingerprint density at radius 2 is 1.93 bits per heavy atom. The molecule has 55 heavy (non-hydrogen) atoms. The Morgan fingerprint density at radius 3 is 2.64 bits per heavy atom. The van der Waals surface area contributed by atoms with Crippen LogP contribution in [0.5, 0.6) is 5.75 Å². The SMILES string of the molecule is CCn1c(-c2cccnc2C(C)OC)c(CC(C)(C)COC=O)c2cc(-c3cc(O)cc(CC(NS(=O)N4CCOCC4)C(=O)N4CCCCN4)c3)ccc21. The third-order valence-corrected chi connectivity index (χ3v) is 11.7.